The molecule has 0 saturated carbocycles. The Kier molecular flexibility index (Phi) is 3.82. The monoisotopic (exact) mass is 134 g/mol. The predicted molar refractivity (Wildman–Crippen MR) is 37.2 cm³/mol. The molecule has 0 aromatic heterocycles. The first kappa shape index (κ1) is 5.69. The average Bonchev–Trinajstić information content (AvgIpc) is 1.86. The van der Waals surface area contributed by atoms with Gasteiger partial charge in [-0.2, -0.15) is 0 Å². The molecular formula is C7H16O2. The molecule has 0 radical (unpaired) electrons. The summed E-state index contributed by atoms with van der Waals surface area (Å²) in [5.74, 6) is 0. The van der Waals surface area contributed by atoms with Crippen molar-refractivity contribution in [2.24, 2.45) is 0 Å². The van der Waals surface area contributed by atoms with Crippen LogP contribution in [0.5, 0.6) is 0 Å². The standard InChI is InChI=1S/C7H16O2/c1-2-3-4-5-7(9)6-8/h7-9H,2-6H2,1H3/i6D2. The van der Waals surface area contributed by atoms with Crippen molar-refractivity contribution in [3.05, 3.63) is 0 Å². The Morgan fingerprint density at radius 1 is 1.56 bits per heavy atom. The number of hydrogen-bond acceptors (Lipinski definition) is 2. The van der Waals surface area contributed by atoms with Crippen LogP contribution in [0, 0.1) is 0 Å². The molecule has 0 spiro atoms. The van der Waals surface area contributed by atoms with Crippen LogP contribution in [0.15, 0.2) is 0 Å². The van der Waals surface area contributed by atoms with Crippen LogP contribution in [0.25, 0.3) is 0 Å². The summed E-state index contributed by atoms with van der Waals surface area (Å²) in [7, 11) is 0. The highest BCUT2D eigenvalue weighted by atomic mass is 16.3. The van der Waals surface area contributed by atoms with E-state index in [1.165, 1.54) is 0 Å². The van der Waals surface area contributed by atoms with E-state index in [4.69, 9.17) is 13.0 Å². The molecule has 0 amide bonds. The molecule has 1 unspecified atom stereocenters. The first-order valence-corrected chi connectivity index (χ1v) is 3.39. The number of aliphatic hydroxyl groups is 2. The molecule has 0 bridgehead atoms. The highest BCUT2D eigenvalue weighted by Gasteiger charge is 1.98. The molecule has 0 aliphatic rings. The Morgan fingerprint density at radius 2 is 2.22 bits per heavy atom. The normalized spacial score (nSPS) is 18.6. The Balaban J connectivity index is 3.44. The van der Waals surface area contributed by atoms with Gasteiger partial charge in [0.05, 0.1) is 15.4 Å². The number of aliphatic hydroxyl groups excluding tert-OH is 1. The molecular weight excluding hydrogens is 116 g/mol. The van der Waals surface area contributed by atoms with Gasteiger partial charge < -0.3 is 10.2 Å². The second-order valence-corrected chi connectivity index (χ2v) is 2.14. The zero-order chi connectivity index (χ0) is 8.91. The van der Waals surface area contributed by atoms with Crippen LogP contribution in [0.2, 0.25) is 0 Å². The van der Waals surface area contributed by atoms with Crippen LogP contribution in [0.3, 0.4) is 0 Å². The van der Waals surface area contributed by atoms with E-state index < -0.39 is 12.7 Å². The Bertz CT molecular complexity index is 101. The molecule has 0 heterocycles. The molecule has 0 fully saturated rings. The second-order valence-electron chi connectivity index (χ2n) is 2.14. The molecule has 0 rings (SSSR count). The number of unbranched alkanes of at least 4 members (excludes halogenated alkanes) is 2. The van der Waals surface area contributed by atoms with Crippen molar-refractivity contribution < 1.29 is 13.0 Å². The summed E-state index contributed by atoms with van der Waals surface area (Å²) in [6, 6.07) is 0. The maximum atomic E-state index is 8.99. The van der Waals surface area contributed by atoms with E-state index in [0.29, 0.717) is 6.42 Å². The van der Waals surface area contributed by atoms with Gasteiger partial charge in [-0.1, -0.05) is 26.2 Å². The molecule has 0 aromatic carbocycles. The fourth-order valence-corrected chi connectivity index (χ4v) is 0.652. The van der Waals surface area contributed by atoms with E-state index in [1.807, 2.05) is 6.92 Å². The minimum Gasteiger partial charge on any atom is -0.394 e. The van der Waals surface area contributed by atoms with Gasteiger partial charge in [-0.15, -0.1) is 0 Å². The van der Waals surface area contributed by atoms with Gasteiger partial charge in [-0.3, -0.25) is 0 Å². The quantitative estimate of drug-likeness (QED) is 0.549. The summed E-state index contributed by atoms with van der Waals surface area (Å²) >= 11 is 0. The van der Waals surface area contributed by atoms with Crippen molar-refractivity contribution in [3.63, 3.8) is 0 Å². The molecule has 0 aromatic rings. The Labute approximate surface area is 59.3 Å². The van der Waals surface area contributed by atoms with E-state index in [2.05, 4.69) is 0 Å². The lowest BCUT2D eigenvalue weighted by Crippen LogP contribution is -2.10. The summed E-state index contributed by atoms with van der Waals surface area (Å²) in [4.78, 5) is 0. The molecule has 56 valence electrons. The zero-order valence-corrected chi connectivity index (χ0v) is 5.80. The third-order valence-corrected chi connectivity index (χ3v) is 1.23. The SMILES string of the molecule is [2H]C([2H])(O)C(O)CCCCC. The molecule has 2 N–H and O–H groups in total. The van der Waals surface area contributed by atoms with Crippen LogP contribution in [-0.2, 0) is 0 Å². The summed E-state index contributed by atoms with van der Waals surface area (Å²) < 4.78 is 13.5. The van der Waals surface area contributed by atoms with E-state index in [1.54, 1.807) is 0 Å². The first-order valence-electron chi connectivity index (χ1n) is 4.39. The zero-order valence-electron chi connectivity index (χ0n) is 7.80. The third-order valence-electron chi connectivity index (χ3n) is 1.23. The third kappa shape index (κ3) is 5.80. The number of rotatable bonds is 5. The summed E-state index contributed by atoms with van der Waals surface area (Å²) in [5.41, 5.74) is 0. The highest BCUT2D eigenvalue weighted by Crippen LogP contribution is 2.01. The smallest absolute Gasteiger partial charge is 0.0770 e. The van der Waals surface area contributed by atoms with Crippen LogP contribution in [0.4, 0.5) is 0 Å². The minimum absolute atomic E-state index is 0.331. The van der Waals surface area contributed by atoms with Crippen LogP contribution >= 0.6 is 0 Å². The van der Waals surface area contributed by atoms with E-state index >= 15 is 0 Å². The highest BCUT2D eigenvalue weighted by molar-refractivity contribution is 4.51. The van der Waals surface area contributed by atoms with Crippen LogP contribution in [0.1, 0.15) is 35.3 Å². The lowest BCUT2D eigenvalue weighted by atomic mass is 10.1. The van der Waals surface area contributed by atoms with Gasteiger partial charge in [0.1, 0.15) is 0 Å². The van der Waals surface area contributed by atoms with Crippen molar-refractivity contribution in [3.8, 4) is 0 Å². The van der Waals surface area contributed by atoms with Gasteiger partial charge in [0, 0.05) is 0 Å². The van der Waals surface area contributed by atoms with Crippen molar-refractivity contribution in [2.45, 2.75) is 38.7 Å². The van der Waals surface area contributed by atoms with Crippen molar-refractivity contribution >= 4 is 0 Å². The summed E-state index contributed by atoms with van der Waals surface area (Å²) in [6.07, 6.45) is 1.85. The van der Waals surface area contributed by atoms with E-state index in [-0.39, 0.29) is 0 Å². The molecule has 2 heteroatoms. The van der Waals surface area contributed by atoms with Crippen molar-refractivity contribution in [2.75, 3.05) is 6.56 Å². The second kappa shape index (κ2) is 6.05. The first-order chi connectivity index (χ1) is 4.98. The molecule has 2 nitrogen and oxygen atoms in total. The van der Waals surface area contributed by atoms with E-state index in [0.717, 1.165) is 19.3 Å². The molecule has 0 saturated heterocycles. The van der Waals surface area contributed by atoms with E-state index in [9.17, 15) is 0 Å². The van der Waals surface area contributed by atoms with Gasteiger partial charge in [0.15, 0.2) is 0 Å². The van der Waals surface area contributed by atoms with Crippen molar-refractivity contribution in [1.29, 1.82) is 0 Å². The van der Waals surface area contributed by atoms with Gasteiger partial charge in [0.2, 0.25) is 0 Å². The summed E-state index contributed by atoms with van der Waals surface area (Å²) in [6.45, 7) is -0.409. The summed E-state index contributed by atoms with van der Waals surface area (Å²) in [5, 5.41) is 17.7. The lowest BCUT2D eigenvalue weighted by Gasteiger charge is -2.04. The van der Waals surface area contributed by atoms with Gasteiger partial charge in [-0.05, 0) is 6.42 Å². The van der Waals surface area contributed by atoms with Crippen LogP contribution in [-0.4, -0.2) is 22.9 Å². The van der Waals surface area contributed by atoms with Gasteiger partial charge in [-0.25, -0.2) is 0 Å². The Morgan fingerprint density at radius 3 is 2.67 bits per heavy atom. The number of hydrogen-bond donors (Lipinski definition) is 2. The molecule has 0 aliphatic heterocycles. The predicted octanol–water partition coefficient (Wildman–Crippen LogP) is 0.920. The lowest BCUT2D eigenvalue weighted by molar-refractivity contribution is 0.0861. The minimum atomic E-state index is -2.44. The maximum absolute atomic E-state index is 8.99. The Hall–Kier alpha value is -0.0800. The fourth-order valence-electron chi connectivity index (χ4n) is 0.652. The van der Waals surface area contributed by atoms with Crippen LogP contribution < -0.4 is 0 Å². The molecule has 9 heavy (non-hydrogen) atoms. The van der Waals surface area contributed by atoms with Gasteiger partial charge in [0.25, 0.3) is 0 Å². The molecule has 1 atom stereocenters. The topological polar surface area (TPSA) is 40.5 Å². The fraction of sp³-hybridized carbons (Fsp3) is 1.00. The molecule has 0 aliphatic carbocycles. The van der Waals surface area contributed by atoms with Crippen molar-refractivity contribution in [1.82, 2.24) is 0 Å². The maximum Gasteiger partial charge on any atom is 0.0770 e. The largest absolute Gasteiger partial charge is 0.394 e. The van der Waals surface area contributed by atoms with Gasteiger partial charge >= 0.3 is 0 Å². The average molecular weight is 134 g/mol.